The molecule has 0 atom stereocenters. The maximum Gasteiger partial charge on any atom is 0.419 e. The second-order valence-corrected chi connectivity index (χ2v) is 40.5. The van der Waals surface area contributed by atoms with Gasteiger partial charge in [-0.05, 0) is 188 Å². The Kier molecular flexibility index (Phi) is 53.1. The summed E-state index contributed by atoms with van der Waals surface area (Å²) in [6, 6.07) is 25.8. The van der Waals surface area contributed by atoms with Gasteiger partial charge in [0.15, 0.2) is 11.9 Å². The fraction of sp³-hybridized carbons (Fsp3) is 0.550. The number of benzene rings is 1. The average molecular weight is 1730 g/mol. The van der Waals surface area contributed by atoms with Crippen molar-refractivity contribution in [2.45, 2.75) is 359 Å². The molecule has 0 unspecified atom stereocenters. The predicted molar refractivity (Wildman–Crippen MR) is 526 cm³/mol. The summed E-state index contributed by atoms with van der Waals surface area (Å²) in [5, 5.41) is 25.8. The molecule has 12 heterocycles. The first-order chi connectivity index (χ1) is 54.5. The van der Waals surface area contributed by atoms with E-state index >= 15 is 0 Å². The number of nitrogens with zero attached hydrogens (tertiary/aromatic N) is 21. The summed E-state index contributed by atoms with van der Waals surface area (Å²) in [5.41, 5.74) is 10.4. The summed E-state index contributed by atoms with van der Waals surface area (Å²) in [5.74, 6) is 1.27. The van der Waals surface area contributed by atoms with Crippen LogP contribution in [0.1, 0.15) is 339 Å². The highest BCUT2D eigenvalue weighted by atomic mass is 16.5. The van der Waals surface area contributed by atoms with Crippen LogP contribution in [0, 0.1) is 0 Å². The van der Waals surface area contributed by atoms with E-state index in [0.717, 1.165) is 22.7 Å². The van der Waals surface area contributed by atoms with E-state index < -0.39 is 0 Å². The summed E-state index contributed by atoms with van der Waals surface area (Å²) in [7, 11) is 1.72. The number of nitrogens with one attached hydrogen (secondary N) is 1. The molecule has 1 aromatic carbocycles. The molecule has 698 valence electrons. The van der Waals surface area contributed by atoms with Crippen LogP contribution in [0.4, 0.5) is 0 Å². The van der Waals surface area contributed by atoms with Crippen LogP contribution in [0.3, 0.4) is 0 Å². The van der Waals surface area contributed by atoms with Crippen LogP contribution in [0.2, 0.25) is 0 Å². The number of rotatable bonds is 0. The number of aromatic nitrogens is 22. The van der Waals surface area contributed by atoms with Gasteiger partial charge in [-0.3, -0.25) is 29.3 Å². The highest BCUT2D eigenvalue weighted by molar-refractivity contribution is 5.74. The molecule has 0 aliphatic rings. The summed E-state index contributed by atoms with van der Waals surface area (Å²) < 4.78 is 19.1. The van der Waals surface area contributed by atoms with Gasteiger partial charge < -0.3 is 13.5 Å². The number of aromatic amines is 1. The number of hydrogen-bond acceptors (Lipinski definition) is 19. The monoisotopic (exact) mass is 1730 g/mol. The number of aryl methyl sites for hydroxylation is 1. The third kappa shape index (κ3) is 49.4. The Morgan fingerprint density at radius 3 is 1.18 bits per heavy atom. The van der Waals surface area contributed by atoms with E-state index in [1.54, 1.807) is 69.4 Å². The fourth-order valence-corrected chi connectivity index (χ4v) is 9.09. The van der Waals surface area contributed by atoms with E-state index in [9.17, 15) is 4.79 Å². The molecule has 12 aromatic heterocycles. The molecule has 13 aromatic rings. The summed E-state index contributed by atoms with van der Waals surface area (Å²) in [4.78, 5) is 51.5. The van der Waals surface area contributed by atoms with E-state index in [1.807, 2.05) is 152 Å². The van der Waals surface area contributed by atoms with Gasteiger partial charge in [0, 0.05) is 132 Å². The first-order valence-electron chi connectivity index (χ1n) is 40.4. The lowest BCUT2D eigenvalue weighted by Crippen LogP contribution is -2.22. The molecule has 1 N–H and O–H groups in total. The lowest BCUT2D eigenvalue weighted by molar-refractivity contribution is 0.320. The number of fused-ring (bicyclic) bond motifs is 1. The molecule has 0 amide bonds. The molecule has 0 fully saturated rings. The molecule has 0 spiro atoms. The van der Waals surface area contributed by atoms with Crippen molar-refractivity contribution in [2.24, 2.45) is 7.05 Å². The van der Waals surface area contributed by atoms with Crippen molar-refractivity contribution in [3.63, 3.8) is 0 Å². The average Bonchev–Trinajstić information content (AvgIpc) is 1.64. The van der Waals surface area contributed by atoms with Crippen LogP contribution in [0.5, 0.6) is 0 Å². The van der Waals surface area contributed by atoms with Crippen molar-refractivity contribution in [1.29, 1.82) is 0 Å². The first-order valence-corrected chi connectivity index (χ1v) is 40.4. The summed E-state index contributed by atoms with van der Waals surface area (Å²) in [6.07, 6.45) is 37.5. The molecule has 125 heavy (non-hydrogen) atoms. The quantitative estimate of drug-likeness (QED) is 0.148. The van der Waals surface area contributed by atoms with Crippen LogP contribution in [-0.2, 0) is 72.5 Å². The van der Waals surface area contributed by atoms with Gasteiger partial charge in [-0.25, -0.2) is 44.1 Å². The van der Waals surface area contributed by atoms with E-state index in [4.69, 9.17) is 8.94 Å². The molecular formula is C100H170N22O3. The van der Waals surface area contributed by atoms with Gasteiger partial charge in [0.2, 0.25) is 5.89 Å². The van der Waals surface area contributed by atoms with E-state index in [0.29, 0.717) is 11.5 Å². The third-order valence-corrected chi connectivity index (χ3v) is 16.8. The third-order valence-electron chi connectivity index (χ3n) is 16.8. The van der Waals surface area contributed by atoms with Crippen molar-refractivity contribution in [3.8, 4) is 0 Å². The first kappa shape index (κ1) is 123. The number of hydrogen-bond donors (Lipinski definition) is 1. The van der Waals surface area contributed by atoms with Gasteiger partial charge in [-0.15, -0.1) is 5.10 Å². The minimum Gasteiger partial charge on any atom is -0.408 e. The van der Waals surface area contributed by atoms with Crippen LogP contribution in [0.15, 0.2) is 223 Å². The van der Waals surface area contributed by atoms with Crippen molar-refractivity contribution in [1.82, 2.24) is 109 Å². The summed E-state index contributed by atoms with van der Waals surface area (Å²) >= 11 is 0. The Labute approximate surface area is 756 Å². The van der Waals surface area contributed by atoms with E-state index in [-0.39, 0.29) is 116 Å². The van der Waals surface area contributed by atoms with Crippen LogP contribution >= 0.6 is 0 Å². The molecule has 0 radical (unpaired) electrons. The highest BCUT2D eigenvalue weighted by Gasteiger charge is 2.22. The van der Waals surface area contributed by atoms with Gasteiger partial charge in [-0.1, -0.05) is 239 Å². The molecule has 13 rings (SSSR count). The molecular weight excluding hydrogens is 1560 g/mol. The minimum atomic E-state index is -0.309. The topological polar surface area (TPSA) is 290 Å². The van der Waals surface area contributed by atoms with E-state index in [2.05, 4.69) is 343 Å². The molecule has 25 heteroatoms. The largest absolute Gasteiger partial charge is 0.419 e. The van der Waals surface area contributed by atoms with Crippen molar-refractivity contribution in [3.05, 3.63) is 266 Å². The fourth-order valence-electron chi connectivity index (χ4n) is 9.09. The van der Waals surface area contributed by atoms with E-state index in [1.165, 1.54) is 33.1 Å². The number of oxazole rings is 1. The highest BCUT2D eigenvalue weighted by Crippen LogP contribution is 2.27. The number of H-pyrrole nitrogens is 1. The van der Waals surface area contributed by atoms with Crippen molar-refractivity contribution < 1.29 is 8.94 Å². The maximum atomic E-state index is 11.3. The molecule has 0 aliphatic carbocycles. The Morgan fingerprint density at radius 2 is 0.896 bits per heavy atom. The molecule has 0 saturated heterocycles. The zero-order chi connectivity index (χ0) is 90.7. The minimum absolute atomic E-state index is 0. The Bertz CT molecular complexity index is 4120. The molecule has 0 aliphatic heterocycles. The predicted octanol–water partition coefficient (Wildman–Crippen LogP) is 25.3. The normalized spacial score (nSPS) is 11.2. The van der Waals surface area contributed by atoms with Crippen LogP contribution < -0.4 is 5.76 Å². The maximum absolute atomic E-state index is 11.3. The second-order valence-electron chi connectivity index (χ2n) is 40.5. The molecule has 0 saturated carbocycles. The Hall–Kier alpha value is -10.9. The van der Waals surface area contributed by atoms with Crippen LogP contribution in [0.25, 0.3) is 11.1 Å². The van der Waals surface area contributed by atoms with Gasteiger partial charge in [-0.2, -0.15) is 20.3 Å². The number of imidazole rings is 1. The lowest BCUT2D eigenvalue weighted by Gasteiger charge is -2.19. The zero-order valence-electron chi connectivity index (χ0n) is 79.2. The Morgan fingerprint density at radius 1 is 0.352 bits per heavy atom. The van der Waals surface area contributed by atoms with Crippen LogP contribution in [-0.4, -0.2) is 109 Å². The van der Waals surface area contributed by atoms with Crippen molar-refractivity contribution in [2.75, 3.05) is 0 Å². The van der Waals surface area contributed by atoms with Crippen molar-refractivity contribution >= 4 is 11.1 Å². The second kappa shape index (κ2) is 54.1. The standard InChI is InChI=1S/C12H15NO2.3C9H13N.2C8H12N2.3C7H12N2.2C6H11N3.C6H10N2O.6CH4/c1-12(2,3)8-5-6-10-9(7-8)13(4)11(14)15-10;1-9(2,3)8-4-6-10-7-5-8;1-9(2,3)8-5-4-6-10-7-8;1-9(2,3)8-6-4-5-7-10-8;1-8(2,3)7-4-5-9-6-10-7;1-8(2,3)7-9-5-4-6-10-7;1-7(2,3)6-4-8-9-5-6;1-7(2,3)9-5-4-8-6-9;1-7(2,3)9-6-4-5-8-9;1-6(2,3)9-5-7-4-8-9;1-6(2,3)9-5-4-7-8-9;1-6(2,3)5-7-4-8-9-5;;;;;;/h5-7H,1-4H3;3*4-7H,1-3H3;2*4-6H,1-3H3;4-5H,1-3H3,(H,8,9);2*4-6H,1-3H3;2*4-5H,1-3H3;4H,1-3H3;6*1H4. The zero-order valence-corrected chi connectivity index (χ0v) is 79.2. The van der Waals surface area contributed by atoms with Gasteiger partial charge in [0.05, 0.1) is 40.9 Å². The van der Waals surface area contributed by atoms with Gasteiger partial charge in [0.1, 0.15) is 24.8 Å². The molecule has 25 nitrogen and oxygen atoms in total. The van der Waals surface area contributed by atoms with Gasteiger partial charge >= 0.3 is 5.76 Å². The number of pyridine rings is 3. The van der Waals surface area contributed by atoms with Gasteiger partial charge in [0.25, 0.3) is 0 Å². The summed E-state index contributed by atoms with van der Waals surface area (Å²) in [6.45, 7) is 76.7. The SMILES string of the molecule is C.C.C.C.C.C.CC(C)(C)c1ccccn1.CC(C)(C)c1cccnc1.CC(C)(C)c1ccncc1.CC(C)(C)c1ccncn1.CC(C)(C)c1cn[nH]c1.CC(C)(C)c1ncccn1.CC(C)(C)c1ncno1.CC(C)(C)n1cccn1.CC(C)(C)n1ccnc1.CC(C)(C)n1ccnn1.CC(C)(C)n1cncn1.Cn1c(=O)oc2ccc(C(C)(C)C)cc21. The molecule has 0 bridgehead atoms. The lowest BCUT2D eigenvalue weighted by atomic mass is 9.87. The smallest absolute Gasteiger partial charge is 0.408 e. The Balaban J connectivity index is -0.000000418.